The number of hydrogen-bond donors (Lipinski definition) is 2. The van der Waals surface area contributed by atoms with Crippen LogP contribution in [0.15, 0.2) is 24.3 Å². The smallest absolute Gasteiger partial charge is 0.224 e. The number of halogens is 1. The van der Waals surface area contributed by atoms with E-state index in [4.69, 9.17) is 11.6 Å². The van der Waals surface area contributed by atoms with Gasteiger partial charge in [0.25, 0.3) is 0 Å². The molecule has 1 unspecified atom stereocenters. The lowest BCUT2D eigenvalue weighted by molar-refractivity contribution is -0.121. The van der Waals surface area contributed by atoms with E-state index < -0.39 is 0 Å². The molecule has 3 nitrogen and oxygen atoms in total. The quantitative estimate of drug-likeness (QED) is 0.843. The molecule has 1 aromatic carbocycles. The van der Waals surface area contributed by atoms with Crippen LogP contribution in [0.25, 0.3) is 0 Å². The van der Waals surface area contributed by atoms with Crippen LogP contribution in [0.2, 0.25) is 5.02 Å². The van der Waals surface area contributed by atoms with Crippen molar-refractivity contribution in [2.75, 3.05) is 6.54 Å². The average molecular weight is 284 g/mol. The number of carbonyl (C=O) groups is 1. The first-order valence-corrected chi connectivity index (χ1v) is 6.85. The van der Waals surface area contributed by atoms with Gasteiger partial charge in [0, 0.05) is 11.6 Å². The van der Waals surface area contributed by atoms with Crippen molar-refractivity contribution in [2.45, 2.75) is 39.7 Å². The minimum atomic E-state index is -0.358. The van der Waals surface area contributed by atoms with Crippen molar-refractivity contribution >= 4 is 17.5 Å². The fourth-order valence-corrected chi connectivity index (χ4v) is 2.19. The summed E-state index contributed by atoms with van der Waals surface area (Å²) in [5.41, 5.74) is 0.833. The van der Waals surface area contributed by atoms with Gasteiger partial charge in [0.15, 0.2) is 0 Å². The highest BCUT2D eigenvalue weighted by Gasteiger charge is 2.21. The lowest BCUT2D eigenvalue weighted by Gasteiger charge is -2.26. The Morgan fingerprint density at radius 1 is 1.37 bits per heavy atom. The van der Waals surface area contributed by atoms with Crippen LogP contribution in [0.4, 0.5) is 0 Å². The van der Waals surface area contributed by atoms with Crippen LogP contribution in [0.1, 0.15) is 32.8 Å². The first kappa shape index (κ1) is 16.0. The predicted molar refractivity (Wildman–Crippen MR) is 78.2 cm³/mol. The van der Waals surface area contributed by atoms with Crippen LogP contribution >= 0.6 is 11.6 Å². The molecular weight excluding hydrogens is 262 g/mol. The molecule has 0 fully saturated rings. The molecule has 106 valence electrons. The molecule has 0 bridgehead atoms. The summed E-state index contributed by atoms with van der Waals surface area (Å²) in [6, 6.07) is 7.26. The highest BCUT2D eigenvalue weighted by Crippen LogP contribution is 2.21. The Labute approximate surface area is 120 Å². The third-order valence-corrected chi connectivity index (χ3v) is 3.14. The second kappa shape index (κ2) is 6.92. The third-order valence-electron chi connectivity index (χ3n) is 2.89. The van der Waals surface area contributed by atoms with E-state index in [0.717, 1.165) is 5.56 Å². The monoisotopic (exact) mass is 283 g/mol. The third kappa shape index (κ3) is 6.60. The topological polar surface area (TPSA) is 49.3 Å². The number of aliphatic hydroxyl groups is 1. The summed E-state index contributed by atoms with van der Waals surface area (Å²) in [5, 5.41) is 13.0. The lowest BCUT2D eigenvalue weighted by atomic mass is 9.87. The van der Waals surface area contributed by atoms with Crippen LogP contribution in [-0.2, 0) is 11.2 Å². The molecule has 0 aliphatic carbocycles. The number of aliphatic hydroxyl groups excluding tert-OH is 1. The summed E-state index contributed by atoms with van der Waals surface area (Å²) in [4.78, 5) is 11.8. The van der Waals surface area contributed by atoms with Gasteiger partial charge in [-0.1, -0.05) is 37.6 Å². The molecule has 0 saturated heterocycles. The van der Waals surface area contributed by atoms with E-state index >= 15 is 0 Å². The van der Waals surface area contributed by atoms with Gasteiger partial charge in [-0.05, 0) is 36.5 Å². The van der Waals surface area contributed by atoms with Crippen LogP contribution in [0.5, 0.6) is 0 Å². The zero-order valence-corrected chi connectivity index (χ0v) is 12.5. The molecule has 0 aliphatic heterocycles. The van der Waals surface area contributed by atoms with Crippen LogP contribution < -0.4 is 5.32 Å². The van der Waals surface area contributed by atoms with E-state index in [1.54, 1.807) is 19.1 Å². The fraction of sp³-hybridized carbons (Fsp3) is 0.533. The Morgan fingerprint density at radius 2 is 1.95 bits per heavy atom. The summed E-state index contributed by atoms with van der Waals surface area (Å²) in [5.74, 6) is -0.0130. The predicted octanol–water partition coefficient (Wildman–Crippen LogP) is 2.80. The molecule has 4 heteroatoms. The van der Waals surface area contributed by atoms with E-state index in [2.05, 4.69) is 5.32 Å². The SMILES string of the molecule is CC(O)CC(C)(C)CNC(=O)Cc1ccc(Cl)cc1. The first-order valence-electron chi connectivity index (χ1n) is 6.48. The zero-order valence-electron chi connectivity index (χ0n) is 11.7. The van der Waals surface area contributed by atoms with Gasteiger partial charge in [-0.3, -0.25) is 4.79 Å². The van der Waals surface area contributed by atoms with Gasteiger partial charge in [-0.15, -0.1) is 0 Å². The van der Waals surface area contributed by atoms with Gasteiger partial charge < -0.3 is 10.4 Å². The molecule has 1 atom stereocenters. The molecule has 0 spiro atoms. The second-order valence-electron chi connectivity index (χ2n) is 5.80. The molecule has 0 aliphatic rings. The highest BCUT2D eigenvalue weighted by atomic mass is 35.5. The molecule has 0 radical (unpaired) electrons. The van der Waals surface area contributed by atoms with E-state index in [9.17, 15) is 9.90 Å². The number of carbonyl (C=O) groups excluding carboxylic acids is 1. The molecule has 1 rings (SSSR count). The summed E-state index contributed by atoms with van der Waals surface area (Å²) < 4.78 is 0. The van der Waals surface area contributed by atoms with E-state index in [-0.39, 0.29) is 17.4 Å². The van der Waals surface area contributed by atoms with E-state index in [1.807, 2.05) is 26.0 Å². The standard InChI is InChI=1S/C15H22ClNO2/c1-11(18)9-15(2,3)10-17-14(19)8-12-4-6-13(16)7-5-12/h4-7,11,18H,8-10H2,1-3H3,(H,17,19). The second-order valence-corrected chi connectivity index (χ2v) is 6.23. The van der Waals surface area contributed by atoms with Crippen LogP contribution in [0, 0.1) is 5.41 Å². The molecule has 2 N–H and O–H groups in total. The number of hydrogen-bond acceptors (Lipinski definition) is 2. The number of amides is 1. The van der Waals surface area contributed by atoms with Crippen molar-refractivity contribution in [3.05, 3.63) is 34.9 Å². The van der Waals surface area contributed by atoms with Gasteiger partial charge in [0.05, 0.1) is 12.5 Å². The Hall–Kier alpha value is -1.06. The average Bonchev–Trinajstić information content (AvgIpc) is 2.28. The van der Waals surface area contributed by atoms with Crippen molar-refractivity contribution in [3.8, 4) is 0 Å². The van der Waals surface area contributed by atoms with Crippen molar-refractivity contribution in [1.82, 2.24) is 5.32 Å². The number of rotatable bonds is 6. The van der Waals surface area contributed by atoms with E-state index in [1.165, 1.54) is 0 Å². The molecule has 1 amide bonds. The largest absolute Gasteiger partial charge is 0.393 e. The maximum absolute atomic E-state index is 11.8. The van der Waals surface area contributed by atoms with E-state index in [0.29, 0.717) is 24.4 Å². The van der Waals surface area contributed by atoms with Gasteiger partial charge in [-0.25, -0.2) is 0 Å². The summed E-state index contributed by atoms with van der Waals surface area (Å²) in [6.45, 7) is 6.38. The highest BCUT2D eigenvalue weighted by molar-refractivity contribution is 6.30. The van der Waals surface area contributed by atoms with Crippen molar-refractivity contribution in [2.24, 2.45) is 5.41 Å². The van der Waals surface area contributed by atoms with Crippen molar-refractivity contribution in [3.63, 3.8) is 0 Å². The number of benzene rings is 1. The molecule has 1 aromatic rings. The normalized spacial score (nSPS) is 13.1. The van der Waals surface area contributed by atoms with Crippen molar-refractivity contribution < 1.29 is 9.90 Å². The molecule has 0 heterocycles. The Balaban J connectivity index is 2.41. The van der Waals surface area contributed by atoms with Crippen LogP contribution in [-0.4, -0.2) is 23.7 Å². The molecule has 0 saturated carbocycles. The zero-order chi connectivity index (χ0) is 14.5. The van der Waals surface area contributed by atoms with Crippen LogP contribution in [0.3, 0.4) is 0 Å². The fourth-order valence-electron chi connectivity index (χ4n) is 2.06. The molecular formula is C15H22ClNO2. The minimum Gasteiger partial charge on any atom is -0.393 e. The number of nitrogens with one attached hydrogen (secondary N) is 1. The summed E-state index contributed by atoms with van der Waals surface area (Å²) in [7, 11) is 0. The van der Waals surface area contributed by atoms with Gasteiger partial charge in [0.2, 0.25) is 5.91 Å². The van der Waals surface area contributed by atoms with Gasteiger partial charge in [0.1, 0.15) is 0 Å². The molecule has 19 heavy (non-hydrogen) atoms. The summed E-state index contributed by atoms with van der Waals surface area (Å²) in [6.07, 6.45) is 0.652. The summed E-state index contributed by atoms with van der Waals surface area (Å²) >= 11 is 5.79. The van der Waals surface area contributed by atoms with Gasteiger partial charge in [-0.2, -0.15) is 0 Å². The Kier molecular flexibility index (Phi) is 5.83. The molecule has 0 aromatic heterocycles. The maximum Gasteiger partial charge on any atom is 0.224 e. The maximum atomic E-state index is 11.8. The van der Waals surface area contributed by atoms with Gasteiger partial charge >= 0.3 is 0 Å². The van der Waals surface area contributed by atoms with Crippen molar-refractivity contribution in [1.29, 1.82) is 0 Å². The first-order chi connectivity index (χ1) is 8.78. The Morgan fingerprint density at radius 3 is 2.47 bits per heavy atom. The minimum absolute atomic E-state index is 0.0130. The lowest BCUT2D eigenvalue weighted by Crippen LogP contribution is -2.36. The Bertz CT molecular complexity index is 413.